The first-order valence-electron chi connectivity index (χ1n) is 5.25. The molecule has 19 heavy (non-hydrogen) atoms. The third kappa shape index (κ3) is 4.35. The van der Waals surface area contributed by atoms with Gasteiger partial charge in [0.2, 0.25) is 0 Å². The van der Waals surface area contributed by atoms with E-state index >= 15 is 0 Å². The number of amides is 2. The van der Waals surface area contributed by atoms with E-state index in [4.69, 9.17) is 21.8 Å². The number of nitrogens with two attached hydrogens (primary N) is 1. The average Bonchev–Trinajstić information content (AvgIpc) is 2.79. The number of carbonyl (C=O) groups is 1. The summed E-state index contributed by atoms with van der Waals surface area (Å²) in [7, 11) is 0. The second-order valence-corrected chi connectivity index (χ2v) is 4.96. The topological polar surface area (TPSA) is 80.6 Å². The first-order valence-corrected chi connectivity index (χ1v) is 6.45. The van der Waals surface area contributed by atoms with Crippen molar-refractivity contribution in [3.05, 3.63) is 47.2 Å². The standard InChI is InChI=1S/C12H10ClN3O2S/c13-8-1-4-10(5-2-8)19-11-6-3-9(18-11)7-15-16-12(14)17/h1-7H,(H3,14,16,17)/b15-7+. The number of urea groups is 1. The molecule has 1 aromatic heterocycles. The number of hydrogen-bond donors (Lipinski definition) is 2. The lowest BCUT2D eigenvalue weighted by Crippen LogP contribution is -2.24. The fourth-order valence-electron chi connectivity index (χ4n) is 1.24. The molecule has 1 heterocycles. The maximum absolute atomic E-state index is 10.4. The van der Waals surface area contributed by atoms with Gasteiger partial charge in [0, 0.05) is 9.92 Å². The fraction of sp³-hybridized carbons (Fsp3) is 0. The summed E-state index contributed by atoms with van der Waals surface area (Å²) in [4.78, 5) is 11.4. The van der Waals surface area contributed by atoms with Gasteiger partial charge in [0.05, 0.1) is 6.21 Å². The lowest BCUT2D eigenvalue weighted by Gasteiger charge is -1.97. The summed E-state index contributed by atoms with van der Waals surface area (Å²) < 4.78 is 5.49. The summed E-state index contributed by atoms with van der Waals surface area (Å²) in [6.45, 7) is 0. The number of rotatable bonds is 4. The predicted molar refractivity (Wildman–Crippen MR) is 74.6 cm³/mol. The van der Waals surface area contributed by atoms with E-state index in [0.29, 0.717) is 15.9 Å². The monoisotopic (exact) mass is 295 g/mol. The molecule has 0 spiro atoms. The zero-order valence-corrected chi connectivity index (χ0v) is 11.2. The molecule has 2 aromatic rings. The number of halogens is 1. The van der Waals surface area contributed by atoms with Gasteiger partial charge in [-0.3, -0.25) is 0 Å². The van der Waals surface area contributed by atoms with Crippen LogP contribution in [0, 0.1) is 0 Å². The molecule has 0 aliphatic rings. The molecule has 0 bridgehead atoms. The van der Waals surface area contributed by atoms with Crippen molar-refractivity contribution in [2.45, 2.75) is 9.99 Å². The predicted octanol–water partition coefficient (Wildman–Crippen LogP) is 3.09. The molecule has 0 unspecified atom stereocenters. The second-order valence-electron chi connectivity index (χ2n) is 3.45. The number of primary amides is 1. The Morgan fingerprint density at radius 2 is 2.05 bits per heavy atom. The van der Waals surface area contributed by atoms with E-state index in [0.717, 1.165) is 4.90 Å². The molecule has 0 aliphatic carbocycles. The van der Waals surface area contributed by atoms with E-state index in [2.05, 4.69) is 10.5 Å². The zero-order chi connectivity index (χ0) is 13.7. The van der Waals surface area contributed by atoms with Crippen LogP contribution in [0.25, 0.3) is 0 Å². The first kappa shape index (κ1) is 13.5. The maximum atomic E-state index is 10.4. The molecule has 0 radical (unpaired) electrons. The highest BCUT2D eigenvalue weighted by molar-refractivity contribution is 7.99. The molecule has 0 atom stereocenters. The van der Waals surface area contributed by atoms with Gasteiger partial charge in [0.15, 0.2) is 5.09 Å². The summed E-state index contributed by atoms with van der Waals surface area (Å²) in [5.41, 5.74) is 6.95. The minimum absolute atomic E-state index is 0.519. The van der Waals surface area contributed by atoms with Gasteiger partial charge in [-0.15, -0.1) is 0 Å². The van der Waals surface area contributed by atoms with Crippen LogP contribution < -0.4 is 11.2 Å². The number of hydrazone groups is 1. The Balaban J connectivity index is 1.99. The van der Waals surface area contributed by atoms with Gasteiger partial charge in [0.1, 0.15) is 5.76 Å². The Kier molecular flexibility index (Phi) is 4.48. The van der Waals surface area contributed by atoms with Crippen molar-refractivity contribution in [3.8, 4) is 0 Å². The van der Waals surface area contributed by atoms with E-state index in [1.165, 1.54) is 18.0 Å². The zero-order valence-electron chi connectivity index (χ0n) is 9.67. The first-order chi connectivity index (χ1) is 9.13. The maximum Gasteiger partial charge on any atom is 0.332 e. The molecule has 0 fully saturated rings. The van der Waals surface area contributed by atoms with E-state index in [9.17, 15) is 4.79 Å². The Labute approximate surface area is 118 Å². The van der Waals surface area contributed by atoms with Crippen LogP contribution in [0.3, 0.4) is 0 Å². The number of hydrogen-bond acceptors (Lipinski definition) is 4. The summed E-state index contributed by atoms with van der Waals surface area (Å²) >= 11 is 7.26. The van der Waals surface area contributed by atoms with Crippen LogP contribution >= 0.6 is 23.4 Å². The van der Waals surface area contributed by atoms with E-state index in [1.54, 1.807) is 6.07 Å². The minimum atomic E-state index is -0.724. The van der Waals surface area contributed by atoms with Gasteiger partial charge < -0.3 is 10.2 Å². The van der Waals surface area contributed by atoms with Crippen LogP contribution in [-0.4, -0.2) is 12.2 Å². The molecule has 0 aliphatic heterocycles. The average molecular weight is 296 g/mol. The number of nitrogens with zero attached hydrogens (tertiary/aromatic N) is 1. The molecule has 98 valence electrons. The molecular formula is C12H10ClN3O2S. The van der Waals surface area contributed by atoms with Gasteiger partial charge in [-0.05, 0) is 36.4 Å². The van der Waals surface area contributed by atoms with Gasteiger partial charge >= 0.3 is 6.03 Å². The van der Waals surface area contributed by atoms with Crippen molar-refractivity contribution in [1.82, 2.24) is 5.43 Å². The molecule has 3 N–H and O–H groups in total. The van der Waals surface area contributed by atoms with Gasteiger partial charge in [-0.2, -0.15) is 5.10 Å². The molecular weight excluding hydrogens is 286 g/mol. The van der Waals surface area contributed by atoms with Crippen molar-refractivity contribution >= 4 is 35.6 Å². The molecule has 2 rings (SSSR count). The molecule has 7 heteroatoms. The Hall–Kier alpha value is -1.92. The third-order valence-corrected chi connectivity index (χ3v) is 3.18. The van der Waals surface area contributed by atoms with Crippen LogP contribution in [0.1, 0.15) is 5.76 Å². The van der Waals surface area contributed by atoms with Crippen LogP contribution in [0.2, 0.25) is 5.02 Å². The molecule has 0 saturated carbocycles. The van der Waals surface area contributed by atoms with E-state index in [-0.39, 0.29) is 0 Å². The van der Waals surface area contributed by atoms with Crippen LogP contribution in [0.15, 0.2) is 55.9 Å². The van der Waals surface area contributed by atoms with E-state index in [1.807, 2.05) is 30.3 Å². The van der Waals surface area contributed by atoms with Gasteiger partial charge in [0.25, 0.3) is 0 Å². The summed E-state index contributed by atoms with van der Waals surface area (Å²) in [6.07, 6.45) is 1.37. The number of nitrogens with one attached hydrogen (secondary N) is 1. The molecule has 0 saturated heterocycles. The fourth-order valence-corrected chi connectivity index (χ4v) is 2.14. The Morgan fingerprint density at radius 3 is 2.74 bits per heavy atom. The van der Waals surface area contributed by atoms with Crippen LogP contribution in [-0.2, 0) is 0 Å². The van der Waals surface area contributed by atoms with Gasteiger partial charge in [-0.25, -0.2) is 10.2 Å². The number of carbonyl (C=O) groups excluding carboxylic acids is 1. The quantitative estimate of drug-likeness (QED) is 0.672. The SMILES string of the molecule is NC(=O)N/N=C/c1ccc(Sc2ccc(Cl)cc2)o1. The van der Waals surface area contributed by atoms with E-state index < -0.39 is 6.03 Å². The molecule has 2 amide bonds. The van der Waals surface area contributed by atoms with Crippen LogP contribution in [0.5, 0.6) is 0 Å². The van der Waals surface area contributed by atoms with Crippen molar-refractivity contribution in [3.63, 3.8) is 0 Å². The summed E-state index contributed by atoms with van der Waals surface area (Å²) in [6, 6.07) is 10.3. The molecule has 5 nitrogen and oxygen atoms in total. The van der Waals surface area contributed by atoms with Crippen molar-refractivity contribution in [1.29, 1.82) is 0 Å². The largest absolute Gasteiger partial charge is 0.448 e. The normalized spacial score (nSPS) is 10.8. The Bertz CT molecular complexity index is 595. The van der Waals surface area contributed by atoms with Crippen molar-refractivity contribution < 1.29 is 9.21 Å². The summed E-state index contributed by atoms with van der Waals surface area (Å²) in [5, 5.41) is 5.00. The highest BCUT2D eigenvalue weighted by Gasteiger charge is 2.03. The number of benzene rings is 1. The minimum Gasteiger partial charge on any atom is -0.448 e. The lowest BCUT2D eigenvalue weighted by atomic mass is 10.4. The highest BCUT2D eigenvalue weighted by Crippen LogP contribution is 2.29. The van der Waals surface area contributed by atoms with Crippen LogP contribution in [0.4, 0.5) is 4.79 Å². The summed E-state index contributed by atoms with van der Waals surface area (Å²) in [5.74, 6) is 0.519. The van der Waals surface area contributed by atoms with Gasteiger partial charge in [-0.1, -0.05) is 23.4 Å². The third-order valence-electron chi connectivity index (χ3n) is 2.00. The molecule has 1 aromatic carbocycles. The number of furan rings is 1. The lowest BCUT2D eigenvalue weighted by molar-refractivity contribution is 0.249. The smallest absolute Gasteiger partial charge is 0.332 e. The second kappa shape index (κ2) is 6.31. The van der Waals surface area contributed by atoms with Crippen molar-refractivity contribution in [2.24, 2.45) is 10.8 Å². The Morgan fingerprint density at radius 1 is 1.32 bits per heavy atom. The highest BCUT2D eigenvalue weighted by atomic mass is 35.5. The van der Waals surface area contributed by atoms with Crippen molar-refractivity contribution in [2.75, 3.05) is 0 Å².